The summed E-state index contributed by atoms with van der Waals surface area (Å²) in [6.45, 7) is 4.90. The Morgan fingerprint density at radius 3 is 2.48 bits per heavy atom. The molecule has 21 heavy (non-hydrogen) atoms. The van der Waals surface area contributed by atoms with Crippen LogP contribution in [-0.2, 0) is 19.6 Å². The third-order valence-corrected chi connectivity index (χ3v) is 2.72. The van der Waals surface area contributed by atoms with Crippen LogP contribution < -0.4 is 9.46 Å². The maximum absolute atomic E-state index is 11.5. The molecule has 1 N–H and O–H groups in total. The van der Waals surface area contributed by atoms with Crippen LogP contribution in [0.1, 0.15) is 20.8 Å². The van der Waals surface area contributed by atoms with E-state index in [0.29, 0.717) is 0 Å². The van der Waals surface area contributed by atoms with E-state index in [4.69, 9.17) is 21.1 Å². The van der Waals surface area contributed by atoms with Gasteiger partial charge in [0.05, 0.1) is 6.26 Å². The fourth-order valence-corrected chi connectivity index (χ4v) is 1.99. The molecule has 0 atom stereocenters. The number of nitrogens with zero attached hydrogens (tertiary/aromatic N) is 1. The van der Waals surface area contributed by atoms with Crippen LogP contribution in [0, 0.1) is 0 Å². The highest BCUT2D eigenvalue weighted by molar-refractivity contribution is 7.92. The van der Waals surface area contributed by atoms with Crippen LogP contribution in [0.5, 0.6) is 5.75 Å². The summed E-state index contributed by atoms with van der Waals surface area (Å²) in [6.07, 6.45) is 0.996. The minimum atomic E-state index is -3.44. The Bertz CT molecular complexity index is 625. The van der Waals surface area contributed by atoms with Crippen molar-refractivity contribution in [1.29, 1.82) is 0 Å². The molecule has 0 unspecified atom stereocenters. The summed E-state index contributed by atoms with van der Waals surface area (Å²) in [5, 5.41) is -0.0628. The lowest BCUT2D eigenvalue weighted by atomic mass is 10.2. The Morgan fingerprint density at radius 1 is 1.38 bits per heavy atom. The zero-order valence-corrected chi connectivity index (χ0v) is 13.7. The number of anilines is 1. The summed E-state index contributed by atoms with van der Waals surface area (Å²) in [5.41, 5.74) is -0.605. The predicted molar refractivity (Wildman–Crippen MR) is 79.1 cm³/mol. The minimum absolute atomic E-state index is 0.0621. The van der Waals surface area contributed by atoms with E-state index in [9.17, 15) is 13.2 Å². The quantitative estimate of drug-likeness (QED) is 0.651. The molecule has 118 valence electrons. The average molecular weight is 337 g/mol. The molecule has 0 amide bonds. The summed E-state index contributed by atoms with van der Waals surface area (Å²) in [4.78, 5) is 15.3. The summed E-state index contributed by atoms with van der Waals surface area (Å²) < 4.78 is 34.5. The Balaban J connectivity index is 2.67. The largest absolute Gasteiger partial charge is 0.479 e. The van der Waals surface area contributed by atoms with E-state index in [0.717, 1.165) is 6.26 Å². The summed E-state index contributed by atoms with van der Waals surface area (Å²) in [5.74, 6) is -0.328. The van der Waals surface area contributed by atoms with Crippen molar-refractivity contribution in [1.82, 2.24) is 4.98 Å². The van der Waals surface area contributed by atoms with Crippen LogP contribution in [0.2, 0.25) is 5.15 Å². The van der Waals surface area contributed by atoms with Crippen LogP contribution in [0.15, 0.2) is 12.1 Å². The predicted octanol–water partition coefficient (Wildman–Crippen LogP) is 1.83. The lowest BCUT2D eigenvalue weighted by Gasteiger charge is -2.19. The zero-order valence-electron chi connectivity index (χ0n) is 12.1. The van der Waals surface area contributed by atoms with Gasteiger partial charge in [-0.15, -0.1) is 0 Å². The van der Waals surface area contributed by atoms with Crippen LogP contribution in [0.3, 0.4) is 0 Å². The molecule has 1 rings (SSSR count). The topological polar surface area (TPSA) is 94.6 Å². The van der Waals surface area contributed by atoms with Gasteiger partial charge in [-0.25, -0.2) is 18.2 Å². The fraction of sp³-hybridized carbons (Fsp3) is 0.500. The average Bonchev–Trinajstić information content (AvgIpc) is 2.23. The molecule has 0 saturated carbocycles. The molecule has 7 nitrogen and oxygen atoms in total. The number of pyridine rings is 1. The van der Waals surface area contributed by atoms with Crippen molar-refractivity contribution >= 4 is 33.4 Å². The molecule has 9 heteroatoms. The first-order valence-electron chi connectivity index (χ1n) is 5.95. The molecule has 0 fully saturated rings. The van der Waals surface area contributed by atoms with E-state index >= 15 is 0 Å². The van der Waals surface area contributed by atoms with E-state index in [1.165, 1.54) is 12.1 Å². The molecule has 0 aliphatic carbocycles. The van der Waals surface area contributed by atoms with Gasteiger partial charge in [0.25, 0.3) is 0 Å². The molecule has 0 aliphatic heterocycles. The van der Waals surface area contributed by atoms with E-state index in [2.05, 4.69) is 9.71 Å². The van der Waals surface area contributed by atoms with Gasteiger partial charge < -0.3 is 9.47 Å². The van der Waals surface area contributed by atoms with Crippen molar-refractivity contribution in [2.75, 3.05) is 17.6 Å². The molecule has 0 spiro atoms. The van der Waals surface area contributed by atoms with Gasteiger partial charge in [-0.3, -0.25) is 4.72 Å². The third kappa shape index (κ3) is 7.14. The highest BCUT2D eigenvalue weighted by Gasteiger charge is 2.17. The van der Waals surface area contributed by atoms with Crippen molar-refractivity contribution in [3.8, 4) is 5.75 Å². The Kier molecular flexibility index (Phi) is 5.41. The smallest absolute Gasteiger partial charge is 0.344 e. The van der Waals surface area contributed by atoms with Gasteiger partial charge in [0.1, 0.15) is 11.4 Å². The zero-order chi connectivity index (χ0) is 16.3. The minimum Gasteiger partial charge on any atom is -0.479 e. The standard InChI is InChI=1S/C12H17ClN2O5S/c1-12(2,3)20-10(16)7-19-8-5-6-9(14-11(8)13)15-21(4,17)18/h5-6H,7H2,1-4H3,(H,14,15). The highest BCUT2D eigenvalue weighted by atomic mass is 35.5. The van der Waals surface area contributed by atoms with Gasteiger partial charge >= 0.3 is 5.97 Å². The molecule has 0 aromatic carbocycles. The first-order chi connectivity index (χ1) is 9.46. The van der Waals surface area contributed by atoms with Crippen LogP contribution in [0.4, 0.5) is 5.82 Å². The summed E-state index contributed by atoms with van der Waals surface area (Å²) in [6, 6.07) is 2.78. The number of rotatable bonds is 5. The van der Waals surface area contributed by atoms with Crippen molar-refractivity contribution < 1.29 is 22.7 Å². The maximum atomic E-state index is 11.5. The van der Waals surface area contributed by atoms with E-state index < -0.39 is 21.6 Å². The van der Waals surface area contributed by atoms with Gasteiger partial charge in [-0.1, -0.05) is 11.6 Å². The van der Waals surface area contributed by atoms with Gasteiger partial charge in [-0.2, -0.15) is 0 Å². The second-order valence-corrected chi connectivity index (χ2v) is 7.34. The first-order valence-corrected chi connectivity index (χ1v) is 8.22. The summed E-state index contributed by atoms with van der Waals surface area (Å²) >= 11 is 5.85. The second kappa shape index (κ2) is 6.48. The van der Waals surface area contributed by atoms with Crippen molar-refractivity contribution in [3.63, 3.8) is 0 Å². The molecule has 1 aromatic heterocycles. The maximum Gasteiger partial charge on any atom is 0.344 e. The van der Waals surface area contributed by atoms with Crippen molar-refractivity contribution in [3.05, 3.63) is 17.3 Å². The van der Waals surface area contributed by atoms with Gasteiger partial charge in [0, 0.05) is 0 Å². The number of sulfonamides is 1. The Hall–Kier alpha value is -1.54. The van der Waals surface area contributed by atoms with Gasteiger partial charge in [-0.05, 0) is 32.9 Å². The number of carbonyl (C=O) groups is 1. The highest BCUT2D eigenvalue weighted by Crippen LogP contribution is 2.24. The Morgan fingerprint density at radius 2 is 2.00 bits per heavy atom. The van der Waals surface area contributed by atoms with E-state index in [1.54, 1.807) is 20.8 Å². The lowest BCUT2D eigenvalue weighted by Crippen LogP contribution is -2.27. The third-order valence-electron chi connectivity index (χ3n) is 1.87. The molecule has 1 heterocycles. The lowest BCUT2D eigenvalue weighted by molar-refractivity contribution is -0.157. The molecule has 0 saturated heterocycles. The first kappa shape index (κ1) is 17.5. The number of carbonyl (C=O) groups excluding carboxylic acids is 1. The molecular weight excluding hydrogens is 320 g/mol. The Labute approximate surface area is 128 Å². The van der Waals surface area contributed by atoms with Crippen molar-refractivity contribution in [2.24, 2.45) is 0 Å². The van der Waals surface area contributed by atoms with Crippen LogP contribution in [-0.4, -0.2) is 37.8 Å². The molecular formula is C12H17ClN2O5S. The normalized spacial score (nSPS) is 11.9. The van der Waals surface area contributed by atoms with Gasteiger partial charge in [0.15, 0.2) is 17.5 Å². The molecule has 1 aromatic rings. The number of halogens is 1. The van der Waals surface area contributed by atoms with Crippen LogP contribution in [0.25, 0.3) is 0 Å². The van der Waals surface area contributed by atoms with Gasteiger partial charge in [0.2, 0.25) is 10.0 Å². The number of hydrogen-bond acceptors (Lipinski definition) is 6. The summed E-state index contributed by atoms with van der Waals surface area (Å²) in [7, 11) is -3.44. The van der Waals surface area contributed by atoms with E-state index in [1.807, 2.05) is 0 Å². The second-order valence-electron chi connectivity index (χ2n) is 5.23. The molecule has 0 bridgehead atoms. The van der Waals surface area contributed by atoms with E-state index in [-0.39, 0.29) is 23.3 Å². The number of aromatic nitrogens is 1. The molecule has 0 radical (unpaired) electrons. The number of hydrogen-bond donors (Lipinski definition) is 1. The number of nitrogens with one attached hydrogen (secondary N) is 1. The number of esters is 1. The fourth-order valence-electron chi connectivity index (χ4n) is 1.28. The molecule has 0 aliphatic rings. The number of ether oxygens (including phenoxy) is 2. The van der Waals surface area contributed by atoms with Crippen molar-refractivity contribution in [2.45, 2.75) is 26.4 Å². The monoisotopic (exact) mass is 336 g/mol. The SMILES string of the molecule is CC(C)(C)OC(=O)COc1ccc(NS(C)(=O)=O)nc1Cl. The van der Waals surface area contributed by atoms with Crippen LogP contribution >= 0.6 is 11.6 Å².